The SMILES string of the molecule is Nc1ccc(=O)n(CCCN2CCCC2CCCO)c1. The second-order valence-electron chi connectivity index (χ2n) is 5.55. The number of aryl methyl sites for hydroxylation is 1. The minimum atomic E-state index is 0.0115. The number of nitrogens with zero attached hydrogens (tertiary/aromatic N) is 2. The lowest BCUT2D eigenvalue weighted by Crippen LogP contribution is -2.31. The third-order valence-corrected chi connectivity index (χ3v) is 4.05. The molecule has 0 amide bonds. The van der Waals surface area contributed by atoms with Gasteiger partial charge in [-0.2, -0.15) is 0 Å². The molecule has 5 heteroatoms. The summed E-state index contributed by atoms with van der Waals surface area (Å²) >= 11 is 0. The number of anilines is 1. The van der Waals surface area contributed by atoms with E-state index in [0.29, 0.717) is 18.3 Å². The highest BCUT2D eigenvalue weighted by atomic mass is 16.2. The Morgan fingerprint density at radius 2 is 2.15 bits per heavy atom. The Hall–Kier alpha value is -1.33. The largest absolute Gasteiger partial charge is 0.398 e. The van der Waals surface area contributed by atoms with Crippen LogP contribution in [0, 0.1) is 0 Å². The van der Waals surface area contributed by atoms with E-state index in [0.717, 1.165) is 32.4 Å². The second kappa shape index (κ2) is 7.45. The van der Waals surface area contributed by atoms with Gasteiger partial charge in [-0.15, -0.1) is 0 Å². The summed E-state index contributed by atoms with van der Waals surface area (Å²) in [5.41, 5.74) is 6.35. The van der Waals surface area contributed by atoms with Crippen LogP contribution < -0.4 is 11.3 Å². The van der Waals surface area contributed by atoms with Gasteiger partial charge in [-0.05, 0) is 44.7 Å². The molecule has 2 heterocycles. The van der Waals surface area contributed by atoms with Gasteiger partial charge in [0.15, 0.2) is 0 Å². The van der Waals surface area contributed by atoms with Crippen LogP contribution in [0.1, 0.15) is 32.1 Å². The summed E-state index contributed by atoms with van der Waals surface area (Å²) in [7, 11) is 0. The number of rotatable bonds is 7. The quantitative estimate of drug-likeness (QED) is 0.783. The molecule has 0 spiro atoms. The molecule has 5 nitrogen and oxygen atoms in total. The maximum atomic E-state index is 11.7. The van der Waals surface area contributed by atoms with Crippen molar-refractivity contribution in [2.24, 2.45) is 0 Å². The van der Waals surface area contributed by atoms with Crippen molar-refractivity contribution in [3.63, 3.8) is 0 Å². The number of aliphatic hydroxyl groups excluding tert-OH is 1. The lowest BCUT2D eigenvalue weighted by atomic mass is 10.1. The molecule has 1 aliphatic heterocycles. The van der Waals surface area contributed by atoms with Crippen LogP contribution >= 0.6 is 0 Å². The first kappa shape index (κ1) is 15.1. The van der Waals surface area contributed by atoms with Crippen molar-refractivity contribution in [3.8, 4) is 0 Å². The molecule has 1 saturated heterocycles. The molecule has 0 saturated carbocycles. The van der Waals surface area contributed by atoms with Gasteiger partial charge in [0.1, 0.15) is 0 Å². The standard InChI is InChI=1S/C15H25N3O2/c16-13-6-7-15(20)18(12-13)10-3-9-17-8-1-4-14(17)5-2-11-19/h6-7,12,14,19H,1-5,8-11,16H2. The normalized spacial score (nSPS) is 19.6. The van der Waals surface area contributed by atoms with Crippen molar-refractivity contribution in [2.45, 2.75) is 44.7 Å². The summed E-state index contributed by atoms with van der Waals surface area (Å²) in [5.74, 6) is 0. The first-order valence-electron chi connectivity index (χ1n) is 7.51. The fraction of sp³-hybridized carbons (Fsp3) is 0.667. The zero-order valence-electron chi connectivity index (χ0n) is 12.0. The molecule has 1 atom stereocenters. The smallest absolute Gasteiger partial charge is 0.250 e. The van der Waals surface area contributed by atoms with Crippen molar-refractivity contribution in [2.75, 3.05) is 25.4 Å². The molecule has 1 aromatic heterocycles. The third kappa shape index (κ3) is 4.08. The number of hydrogen-bond donors (Lipinski definition) is 2. The van der Waals surface area contributed by atoms with E-state index in [1.165, 1.54) is 18.9 Å². The van der Waals surface area contributed by atoms with Gasteiger partial charge >= 0.3 is 0 Å². The summed E-state index contributed by atoms with van der Waals surface area (Å²) < 4.78 is 1.69. The Balaban J connectivity index is 1.80. The lowest BCUT2D eigenvalue weighted by molar-refractivity contribution is 0.212. The highest BCUT2D eigenvalue weighted by Crippen LogP contribution is 2.21. The van der Waals surface area contributed by atoms with E-state index in [1.54, 1.807) is 16.8 Å². The number of likely N-dealkylation sites (tertiary alicyclic amines) is 1. The maximum Gasteiger partial charge on any atom is 0.250 e. The number of nitrogens with two attached hydrogens (primary N) is 1. The van der Waals surface area contributed by atoms with Crippen LogP contribution in [0.15, 0.2) is 23.1 Å². The Labute approximate surface area is 120 Å². The predicted octanol–water partition coefficient (Wildman–Crippen LogP) is 1.06. The average Bonchev–Trinajstić information content (AvgIpc) is 2.88. The average molecular weight is 279 g/mol. The summed E-state index contributed by atoms with van der Waals surface area (Å²) in [4.78, 5) is 14.2. The third-order valence-electron chi connectivity index (χ3n) is 4.05. The van der Waals surface area contributed by atoms with Gasteiger partial charge in [0, 0.05) is 43.7 Å². The molecule has 3 N–H and O–H groups in total. The van der Waals surface area contributed by atoms with Crippen molar-refractivity contribution < 1.29 is 5.11 Å². The fourth-order valence-corrected chi connectivity index (χ4v) is 3.01. The number of hydrogen-bond acceptors (Lipinski definition) is 4. The van der Waals surface area contributed by atoms with E-state index in [9.17, 15) is 4.79 Å². The van der Waals surface area contributed by atoms with Gasteiger partial charge in [0.2, 0.25) is 0 Å². The molecule has 1 aromatic rings. The zero-order valence-corrected chi connectivity index (χ0v) is 12.0. The molecule has 0 bridgehead atoms. The monoisotopic (exact) mass is 279 g/mol. The van der Waals surface area contributed by atoms with Gasteiger partial charge in [0.05, 0.1) is 0 Å². The molecular formula is C15H25N3O2. The van der Waals surface area contributed by atoms with Crippen molar-refractivity contribution in [1.82, 2.24) is 9.47 Å². The Morgan fingerprint density at radius 1 is 1.30 bits per heavy atom. The molecule has 2 rings (SSSR count). The molecule has 1 unspecified atom stereocenters. The van der Waals surface area contributed by atoms with E-state index >= 15 is 0 Å². The van der Waals surface area contributed by atoms with Gasteiger partial charge in [0.25, 0.3) is 5.56 Å². The number of pyridine rings is 1. The van der Waals surface area contributed by atoms with E-state index in [4.69, 9.17) is 10.8 Å². The van der Waals surface area contributed by atoms with Crippen molar-refractivity contribution in [1.29, 1.82) is 0 Å². The minimum absolute atomic E-state index is 0.0115. The van der Waals surface area contributed by atoms with Gasteiger partial charge < -0.3 is 20.3 Å². The Morgan fingerprint density at radius 3 is 2.95 bits per heavy atom. The first-order chi connectivity index (χ1) is 9.70. The molecule has 0 aliphatic carbocycles. The van der Waals surface area contributed by atoms with E-state index in [1.807, 2.05) is 0 Å². The van der Waals surface area contributed by atoms with E-state index < -0.39 is 0 Å². The molecular weight excluding hydrogens is 254 g/mol. The van der Waals surface area contributed by atoms with Crippen LogP contribution in [0.5, 0.6) is 0 Å². The van der Waals surface area contributed by atoms with Gasteiger partial charge in [-0.25, -0.2) is 0 Å². The summed E-state index contributed by atoms with van der Waals surface area (Å²) in [6.07, 6.45) is 7.12. The molecule has 1 fully saturated rings. The van der Waals surface area contributed by atoms with Gasteiger partial charge in [-0.3, -0.25) is 4.79 Å². The zero-order chi connectivity index (χ0) is 14.4. The Kier molecular flexibility index (Phi) is 5.61. The highest BCUT2D eigenvalue weighted by Gasteiger charge is 2.23. The molecule has 112 valence electrons. The van der Waals surface area contributed by atoms with Crippen LogP contribution in [0.3, 0.4) is 0 Å². The van der Waals surface area contributed by atoms with Crippen LogP contribution in [0.2, 0.25) is 0 Å². The number of aliphatic hydroxyl groups is 1. The molecule has 1 aliphatic rings. The summed E-state index contributed by atoms with van der Waals surface area (Å²) in [6.45, 7) is 3.15. The van der Waals surface area contributed by atoms with Crippen molar-refractivity contribution in [3.05, 3.63) is 28.7 Å². The maximum absolute atomic E-state index is 11.7. The van der Waals surface area contributed by atoms with Crippen molar-refractivity contribution >= 4 is 5.69 Å². The van der Waals surface area contributed by atoms with E-state index in [2.05, 4.69) is 4.90 Å². The van der Waals surface area contributed by atoms with Crippen LogP contribution in [-0.4, -0.2) is 40.3 Å². The van der Waals surface area contributed by atoms with E-state index in [-0.39, 0.29) is 12.2 Å². The first-order valence-corrected chi connectivity index (χ1v) is 7.51. The number of aromatic nitrogens is 1. The highest BCUT2D eigenvalue weighted by molar-refractivity contribution is 5.33. The number of nitrogen functional groups attached to an aromatic ring is 1. The molecule has 0 radical (unpaired) electrons. The molecule has 20 heavy (non-hydrogen) atoms. The minimum Gasteiger partial charge on any atom is -0.398 e. The summed E-state index contributed by atoms with van der Waals surface area (Å²) in [6, 6.07) is 3.78. The van der Waals surface area contributed by atoms with Crippen LogP contribution in [0.4, 0.5) is 5.69 Å². The van der Waals surface area contributed by atoms with Gasteiger partial charge in [-0.1, -0.05) is 0 Å². The fourth-order valence-electron chi connectivity index (χ4n) is 3.01. The second-order valence-corrected chi connectivity index (χ2v) is 5.55. The summed E-state index contributed by atoms with van der Waals surface area (Å²) in [5, 5.41) is 8.93. The van der Waals surface area contributed by atoms with Crippen LogP contribution in [-0.2, 0) is 6.54 Å². The molecule has 0 aromatic carbocycles. The lowest BCUT2D eigenvalue weighted by Gasteiger charge is -2.24. The van der Waals surface area contributed by atoms with Crippen LogP contribution in [0.25, 0.3) is 0 Å². The predicted molar refractivity (Wildman–Crippen MR) is 80.6 cm³/mol. The Bertz CT molecular complexity index is 472. The topological polar surface area (TPSA) is 71.5 Å².